The van der Waals surface area contributed by atoms with Gasteiger partial charge in [0.25, 0.3) is 0 Å². The maximum absolute atomic E-state index is 12.2. The molecular weight excluding hydrogens is 608 g/mol. The van der Waals surface area contributed by atoms with E-state index >= 15 is 0 Å². The molecule has 49 heavy (non-hydrogen) atoms. The molecule has 0 saturated carbocycles. The number of aliphatic hydroxyl groups excluding tert-OH is 1. The van der Waals surface area contributed by atoms with Gasteiger partial charge >= 0.3 is 11.9 Å². The molecule has 1 atom stereocenters. The van der Waals surface area contributed by atoms with Crippen LogP contribution in [0.1, 0.15) is 200 Å². The second kappa shape index (κ2) is 40.3. The number of hydrogen-bond donors (Lipinski definition) is 1. The lowest BCUT2D eigenvalue weighted by Crippen LogP contribution is -2.28. The highest BCUT2D eigenvalue weighted by atomic mass is 16.6. The molecule has 0 radical (unpaired) electrons. The summed E-state index contributed by atoms with van der Waals surface area (Å²) in [5, 5.41) is 9.56. The molecule has 1 N–H and O–H groups in total. The highest BCUT2D eigenvalue weighted by molar-refractivity contribution is 5.70. The van der Waals surface area contributed by atoms with Crippen LogP contribution in [0.25, 0.3) is 0 Å². The van der Waals surface area contributed by atoms with Gasteiger partial charge in [-0.1, -0.05) is 178 Å². The van der Waals surface area contributed by atoms with Crippen molar-refractivity contribution in [3.05, 3.63) is 48.6 Å². The molecule has 0 amide bonds. The number of esters is 2. The van der Waals surface area contributed by atoms with Crippen molar-refractivity contribution in [1.82, 2.24) is 0 Å². The summed E-state index contributed by atoms with van der Waals surface area (Å²) in [5.74, 6) is -0.623. The van der Waals surface area contributed by atoms with Crippen LogP contribution in [0.4, 0.5) is 0 Å². The van der Waals surface area contributed by atoms with Gasteiger partial charge < -0.3 is 14.6 Å². The van der Waals surface area contributed by atoms with E-state index in [0.29, 0.717) is 12.8 Å². The molecule has 0 spiro atoms. The van der Waals surface area contributed by atoms with E-state index in [1.165, 1.54) is 109 Å². The van der Waals surface area contributed by atoms with E-state index < -0.39 is 6.10 Å². The fourth-order valence-electron chi connectivity index (χ4n) is 5.71. The van der Waals surface area contributed by atoms with Gasteiger partial charge in [-0.3, -0.25) is 9.59 Å². The smallest absolute Gasteiger partial charge is 0.306 e. The predicted octanol–water partition coefficient (Wildman–Crippen LogP) is 13.0. The van der Waals surface area contributed by atoms with Crippen molar-refractivity contribution >= 4 is 11.9 Å². The summed E-state index contributed by atoms with van der Waals surface area (Å²) >= 11 is 0. The van der Waals surface area contributed by atoms with Gasteiger partial charge in [0, 0.05) is 12.8 Å². The van der Waals surface area contributed by atoms with Crippen molar-refractivity contribution in [3.8, 4) is 0 Å². The minimum absolute atomic E-state index is 0.0774. The largest absolute Gasteiger partial charge is 0.462 e. The number of carbonyl (C=O) groups excluding carboxylic acids is 2. The highest BCUT2D eigenvalue weighted by Gasteiger charge is 2.16. The minimum Gasteiger partial charge on any atom is -0.462 e. The van der Waals surface area contributed by atoms with Crippen LogP contribution in [0, 0.1) is 0 Å². The number of carbonyl (C=O) groups is 2. The van der Waals surface area contributed by atoms with Gasteiger partial charge in [-0.25, -0.2) is 0 Å². The highest BCUT2D eigenvalue weighted by Crippen LogP contribution is 2.14. The Labute approximate surface area is 303 Å². The molecule has 0 aliphatic rings. The molecule has 0 aromatic carbocycles. The number of allylic oxidation sites excluding steroid dienone is 8. The normalized spacial score (nSPS) is 12.6. The molecule has 284 valence electrons. The van der Waals surface area contributed by atoms with Crippen molar-refractivity contribution < 1.29 is 24.2 Å². The third-order valence-corrected chi connectivity index (χ3v) is 8.88. The Morgan fingerprint density at radius 2 is 0.816 bits per heavy atom. The van der Waals surface area contributed by atoms with Crippen LogP contribution in [0.3, 0.4) is 0 Å². The molecule has 0 unspecified atom stereocenters. The van der Waals surface area contributed by atoms with Gasteiger partial charge in [-0.05, 0) is 57.8 Å². The summed E-state index contributed by atoms with van der Waals surface area (Å²) < 4.78 is 10.6. The molecule has 0 saturated heterocycles. The second-order valence-corrected chi connectivity index (χ2v) is 13.7. The van der Waals surface area contributed by atoms with Gasteiger partial charge in [0.05, 0.1) is 6.61 Å². The molecule has 0 fully saturated rings. The third-order valence-electron chi connectivity index (χ3n) is 8.88. The van der Waals surface area contributed by atoms with Crippen molar-refractivity contribution in [2.75, 3.05) is 13.2 Å². The van der Waals surface area contributed by atoms with Crippen LogP contribution in [0.15, 0.2) is 48.6 Å². The number of aliphatic hydroxyl groups is 1. The number of hydrogen-bond acceptors (Lipinski definition) is 5. The molecule has 0 aliphatic heterocycles. The molecule has 0 aliphatic carbocycles. The second-order valence-electron chi connectivity index (χ2n) is 13.7. The van der Waals surface area contributed by atoms with Crippen LogP contribution in [-0.4, -0.2) is 36.4 Å². The first-order valence-electron chi connectivity index (χ1n) is 20.7. The summed E-state index contributed by atoms with van der Waals surface area (Å²) in [6.07, 6.45) is 50.3. The van der Waals surface area contributed by atoms with E-state index in [2.05, 4.69) is 62.5 Å². The first-order valence-corrected chi connectivity index (χ1v) is 20.7. The summed E-state index contributed by atoms with van der Waals surface area (Å²) in [5.41, 5.74) is 0. The van der Waals surface area contributed by atoms with Crippen molar-refractivity contribution in [1.29, 1.82) is 0 Å². The zero-order valence-corrected chi connectivity index (χ0v) is 32.2. The third kappa shape index (κ3) is 38.5. The van der Waals surface area contributed by atoms with Crippen molar-refractivity contribution in [2.45, 2.75) is 206 Å². The fourth-order valence-corrected chi connectivity index (χ4v) is 5.71. The first-order chi connectivity index (χ1) is 24.1. The van der Waals surface area contributed by atoms with Crippen LogP contribution in [0.5, 0.6) is 0 Å². The van der Waals surface area contributed by atoms with Gasteiger partial charge in [0.2, 0.25) is 0 Å². The number of ether oxygens (including phenoxy) is 2. The standard InChI is InChI=1S/C44H78O5/c1-3-5-7-9-11-13-15-17-19-21-22-23-25-27-29-31-33-35-37-39-44(47)49-42(40-45)41-48-43(46)38-36-34-32-30-28-26-24-20-18-16-14-12-10-8-6-4-2/h11,13,17,19,22-23,27,29,42,45H,3-10,12,14-16,18,20-21,24-26,28,30-41H2,1-2H3/b13-11+,19-17+,23-22+,29-27+/t42-/m0/s1. The van der Waals surface area contributed by atoms with E-state index in [0.717, 1.165) is 64.2 Å². The Balaban J connectivity index is 3.61. The van der Waals surface area contributed by atoms with Gasteiger partial charge in [-0.15, -0.1) is 0 Å². The van der Waals surface area contributed by atoms with Gasteiger partial charge in [0.1, 0.15) is 6.61 Å². The Morgan fingerprint density at radius 1 is 0.469 bits per heavy atom. The lowest BCUT2D eigenvalue weighted by molar-refractivity contribution is -0.161. The van der Waals surface area contributed by atoms with E-state index in [4.69, 9.17) is 9.47 Å². The average Bonchev–Trinajstić information content (AvgIpc) is 3.10. The maximum Gasteiger partial charge on any atom is 0.306 e. The molecule has 0 bridgehead atoms. The predicted molar refractivity (Wildman–Crippen MR) is 210 cm³/mol. The lowest BCUT2D eigenvalue weighted by atomic mass is 10.0. The minimum atomic E-state index is -0.786. The summed E-state index contributed by atoms with van der Waals surface area (Å²) in [4.78, 5) is 24.3. The monoisotopic (exact) mass is 687 g/mol. The molecule has 0 heterocycles. The fraction of sp³-hybridized carbons (Fsp3) is 0.773. The Bertz CT molecular complexity index is 827. The molecular formula is C44H78O5. The summed E-state index contributed by atoms with van der Waals surface area (Å²) in [6.45, 7) is 4.09. The first kappa shape index (κ1) is 46.9. The SMILES string of the molecule is CCCCC/C=C/C/C=C/C/C=C/C/C=C/CCCCCC(=O)O[C@@H](CO)COC(=O)CCCCCCCCCCCCCCCCCC. The van der Waals surface area contributed by atoms with Gasteiger partial charge in [0.15, 0.2) is 6.10 Å². The summed E-state index contributed by atoms with van der Waals surface area (Å²) in [6, 6.07) is 0. The van der Waals surface area contributed by atoms with Gasteiger partial charge in [-0.2, -0.15) is 0 Å². The van der Waals surface area contributed by atoms with Crippen LogP contribution in [-0.2, 0) is 19.1 Å². The van der Waals surface area contributed by atoms with Crippen LogP contribution < -0.4 is 0 Å². The van der Waals surface area contributed by atoms with E-state index in [1.807, 2.05) is 0 Å². The Kier molecular flexibility index (Phi) is 38.5. The molecule has 5 nitrogen and oxygen atoms in total. The van der Waals surface area contributed by atoms with E-state index in [1.54, 1.807) is 0 Å². The quantitative estimate of drug-likeness (QED) is 0.0400. The van der Waals surface area contributed by atoms with Crippen LogP contribution >= 0.6 is 0 Å². The van der Waals surface area contributed by atoms with Crippen LogP contribution in [0.2, 0.25) is 0 Å². The number of rotatable bonds is 37. The topological polar surface area (TPSA) is 72.8 Å². The molecule has 0 aromatic heterocycles. The van der Waals surface area contributed by atoms with E-state index in [-0.39, 0.29) is 25.2 Å². The van der Waals surface area contributed by atoms with Crippen molar-refractivity contribution in [2.24, 2.45) is 0 Å². The molecule has 0 rings (SSSR count). The zero-order valence-electron chi connectivity index (χ0n) is 32.2. The Hall–Kier alpha value is -2.14. The number of unbranched alkanes of at least 4 members (excludes halogenated alkanes) is 21. The maximum atomic E-state index is 12.2. The zero-order chi connectivity index (χ0) is 35.7. The molecule has 0 aromatic rings. The van der Waals surface area contributed by atoms with E-state index in [9.17, 15) is 14.7 Å². The average molecular weight is 687 g/mol. The summed E-state index contributed by atoms with van der Waals surface area (Å²) in [7, 11) is 0. The lowest BCUT2D eigenvalue weighted by Gasteiger charge is -2.15. The van der Waals surface area contributed by atoms with Crippen molar-refractivity contribution in [3.63, 3.8) is 0 Å². The Morgan fingerprint density at radius 3 is 1.27 bits per heavy atom. The molecule has 5 heteroatoms.